The molecule has 1 amide bonds. The number of nitrogens with zero attached hydrogens (tertiary/aromatic N) is 1. The molecule has 2 N–H and O–H groups in total. The van der Waals surface area contributed by atoms with Gasteiger partial charge < -0.3 is 10.6 Å². The summed E-state index contributed by atoms with van der Waals surface area (Å²) in [5.74, 6) is 1.44. The van der Waals surface area contributed by atoms with Gasteiger partial charge in [0.1, 0.15) is 0 Å². The van der Waals surface area contributed by atoms with Crippen molar-refractivity contribution in [3.63, 3.8) is 0 Å². The Morgan fingerprint density at radius 3 is 2.38 bits per heavy atom. The first kappa shape index (κ1) is 15.4. The van der Waals surface area contributed by atoms with E-state index in [9.17, 15) is 4.79 Å². The normalized spacial score (nSPS) is 10.3. The molecule has 4 heteroatoms. The molecular formula is C17H20N2OS. The maximum atomic E-state index is 12.3. The van der Waals surface area contributed by atoms with Gasteiger partial charge in [0.25, 0.3) is 0 Å². The number of hydrogen-bond acceptors (Lipinski definition) is 3. The van der Waals surface area contributed by atoms with Crippen LogP contribution in [0.25, 0.3) is 0 Å². The van der Waals surface area contributed by atoms with Gasteiger partial charge in [0.15, 0.2) is 0 Å². The highest BCUT2D eigenvalue weighted by molar-refractivity contribution is 7.99. The van der Waals surface area contributed by atoms with E-state index in [1.54, 1.807) is 11.8 Å². The number of nitrogen functional groups attached to an aromatic ring is 1. The van der Waals surface area contributed by atoms with Crippen molar-refractivity contribution in [3.05, 3.63) is 60.2 Å². The van der Waals surface area contributed by atoms with E-state index >= 15 is 0 Å². The molecule has 0 bridgehead atoms. The summed E-state index contributed by atoms with van der Waals surface area (Å²) in [6.07, 6.45) is 0. The zero-order chi connectivity index (χ0) is 15.1. The Morgan fingerprint density at radius 2 is 1.76 bits per heavy atom. The molecule has 0 atom stereocenters. The third-order valence-corrected chi connectivity index (χ3v) is 4.15. The summed E-state index contributed by atoms with van der Waals surface area (Å²) in [5, 5.41) is 0. The van der Waals surface area contributed by atoms with Gasteiger partial charge in [0.05, 0.1) is 5.75 Å². The molecule has 110 valence electrons. The number of carbonyl (C=O) groups is 1. The first-order chi connectivity index (χ1) is 10.2. The van der Waals surface area contributed by atoms with Crippen molar-refractivity contribution >= 4 is 29.0 Å². The predicted octanol–water partition coefficient (Wildman–Crippen LogP) is 3.56. The van der Waals surface area contributed by atoms with Gasteiger partial charge in [-0.25, -0.2) is 0 Å². The van der Waals surface area contributed by atoms with Gasteiger partial charge in [-0.2, -0.15) is 0 Å². The Morgan fingerprint density at radius 1 is 1.10 bits per heavy atom. The number of thioether (sulfide) groups is 1. The summed E-state index contributed by atoms with van der Waals surface area (Å²) in [7, 11) is 0. The maximum Gasteiger partial charge on any atom is 0.236 e. The molecule has 0 heterocycles. The molecule has 0 radical (unpaired) electrons. The largest absolute Gasteiger partial charge is 0.399 e. The van der Waals surface area contributed by atoms with E-state index in [-0.39, 0.29) is 5.91 Å². The number of rotatable bonds is 6. The first-order valence-electron chi connectivity index (χ1n) is 6.98. The van der Waals surface area contributed by atoms with Crippen LogP contribution in [0.1, 0.15) is 12.5 Å². The molecule has 0 saturated heterocycles. The Bertz CT molecular complexity index is 569. The Kier molecular flexibility index (Phi) is 5.69. The lowest BCUT2D eigenvalue weighted by Crippen LogP contribution is -2.32. The average Bonchev–Trinajstić information content (AvgIpc) is 2.51. The number of nitrogens with two attached hydrogens (primary N) is 1. The van der Waals surface area contributed by atoms with Crippen molar-refractivity contribution in [1.29, 1.82) is 0 Å². The van der Waals surface area contributed by atoms with Crippen LogP contribution >= 0.6 is 11.8 Å². The number of amides is 1. The quantitative estimate of drug-likeness (QED) is 0.830. The van der Waals surface area contributed by atoms with Crippen LogP contribution in [0.4, 0.5) is 11.4 Å². The lowest BCUT2D eigenvalue weighted by atomic mass is 10.2. The zero-order valence-electron chi connectivity index (χ0n) is 12.2. The Balaban J connectivity index is 1.87. The van der Waals surface area contributed by atoms with Crippen LogP contribution in [0.2, 0.25) is 0 Å². The minimum Gasteiger partial charge on any atom is -0.399 e. The third-order valence-electron chi connectivity index (χ3n) is 3.16. The average molecular weight is 300 g/mol. The van der Waals surface area contributed by atoms with Crippen molar-refractivity contribution in [1.82, 2.24) is 0 Å². The Hall–Kier alpha value is -1.94. The number of anilines is 2. The molecule has 0 aliphatic carbocycles. The van der Waals surface area contributed by atoms with Crippen molar-refractivity contribution in [3.8, 4) is 0 Å². The summed E-state index contributed by atoms with van der Waals surface area (Å²) in [6, 6.07) is 17.6. The van der Waals surface area contributed by atoms with Crippen LogP contribution in [0.5, 0.6) is 0 Å². The second-order valence-corrected chi connectivity index (χ2v) is 5.69. The lowest BCUT2D eigenvalue weighted by Gasteiger charge is -2.20. The van der Waals surface area contributed by atoms with Gasteiger partial charge >= 0.3 is 0 Å². The van der Waals surface area contributed by atoms with Crippen LogP contribution in [-0.4, -0.2) is 18.2 Å². The summed E-state index contributed by atoms with van der Waals surface area (Å²) >= 11 is 1.63. The minimum absolute atomic E-state index is 0.143. The van der Waals surface area contributed by atoms with Gasteiger partial charge in [0.2, 0.25) is 5.91 Å². The molecule has 2 rings (SSSR count). The van der Waals surface area contributed by atoms with Gasteiger partial charge in [-0.3, -0.25) is 4.79 Å². The van der Waals surface area contributed by atoms with Crippen LogP contribution < -0.4 is 10.6 Å². The van der Waals surface area contributed by atoms with Crippen molar-refractivity contribution < 1.29 is 4.79 Å². The van der Waals surface area contributed by atoms with Crippen LogP contribution in [0, 0.1) is 0 Å². The fourth-order valence-electron chi connectivity index (χ4n) is 2.06. The Labute approximate surface area is 130 Å². The zero-order valence-corrected chi connectivity index (χ0v) is 13.0. The number of carbonyl (C=O) groups excluding carboxylic acids is 1. The van der Waals surface area contributed by atoms with E-state index < -0.39 is 0 Å². The topological polar surface area (TPSA) is 46.3 Å². The molecule has 0 unspecified atom stereocenters. The maximum absolute atomic E-state index is 12.3. The van der Waals surface area contributed by atoms with Crippen LogP contribution in [0.15, 0.2) is 54.6 Å². The van der Waals surface area contributed by atoms with Gasteiger partial charge in [0, 0.05) is 23.7 Å². The van der Waals surface area contributed by atoms with E-state index in [1.165, 1.54) is 5.56 Å². The number of benzene rings is 2. The summed E-state index contributed by atoms with van der Waals surface area (Å²) in [6.45, 7) is 2.68. The van der Waals surface area contributed by atoms with Crippen molar-refractivity contribution in [2.45, 2.75) is 12.7 Å². The highest BCUT2D eigenvalue weighted by Crippen LogP contribution is 2.17. The fraction of sp³-hybridized carbons (Fsp3) is 0.235. The summed E-state index contributed by atoms with van der Waals surface area (Å²) < 4.78 is 0. The SMILES string of the molecule is CCN(C(=O)CSCc1ccc(N)cc1)c1ccccc1. The van der Waals surface area contributed by atoms with E-state index in [0.717, 1.165) is 17.1 Å². The standard InChI is InChI=1S/C17H20N2OS/c1-2-19(16-6-4-3-5-7-16)17(20)13-21-12-14-8-10-15(18)11-9-14/h3-11H,2,12-13,18H2,1H3. The van der Waals surface area contributed by atoms with E-state index in [1.807, 2.05) is 66.4 Å². The smallest absolute Gasteiger partial charge is 0.236 e. The second kappa shape index (κ2) is 7.74. The predicted molar refractivity (Wildman–Crippen MR) is 91.5 cm³/mol. The molecular weight excluding hydrogens is 280 g/mol. The number of hydrogen-bond donors (Lipinski definition) is 1. The van der Waals surface area contributed by atoms with Crippen LogP contribution in [-0.2, 0) is 10.5 Å². The summed E-state index contributed by atoms with van der Waals surface area (Å²) in [5.41, 5.74) is 8.56. The molecule has 21 heavy (non-hydrogen) atoms. The molecule has 0 aliphatic rings. The van der Waals surface area contributed by atoms with Crippen LogP contribution in [0.3, 0.4) is 0 Å². The highest BCUT2D eigenvalue weighted by atomic mass is 32.2. The van der Waals surface area contributed by atoms with Gasteiger partial charge in [-0.05, 0) is 36.8 Å². The molecule has 0 aliphatic heterocycles. The minimum atomic E-state index is 0.143. The molecule has 0 spiro atoms. The highest BCUT2D eigenvalue weighted by Gasteiger charge is 2.13. The first-order valence-corrected chi connectivity index (χ1v) is 8.13. The number of para-hydroxylation sites is 1. The van der Waals surface area contributed by atoms with E-state index in [4.69, 9.17) is 5.73 Å². The molecule has 0 aromatic heterocycles. The van der Waals surface area contributed by atoms with E-state index in [2.05, 4.69) is 0 Å². The third kappa shape index (κ3) is 4.53. The van der Waals surface area contributed by atoms with Gasteiger partial charge in [-0.15, -0.1) is 11.8 Å². The molecule has 2 aromatic carbocycles. The fourth-order valence-corrected chi connectivity index (χ4v) is 2.92. The molecule has 0 saturated carbocycles. The summed E-state index contributed by atoms with van der Waals surface area (Å²) in [4.78, 5) is 14.1. The molecule has 3 nitrogen and oxygen atoms in total. The molecule has 0 fully saturated rings. The monoisotopic (exact) mass is 300 g/mol. The van der Waals surface area contributed by atoms with Gasteiger partial charge in [-0.1, -0.05) is 30.3 Å². The lowest BCUT2D eigenvalue weighted by molar-refractivity contribution is -0.116. The van der Waals surface area contributed by atoms with Crippen molar-refractivity contribution in [2.24, 2.45) is 0 Å². The van der Waals surface area contributed by atoms with Crippen molar-refractivity contribution in [2.75, 3.05) is 22.9 Å². The van der Waals surface area contributed by atoms with E-state index in [0.29, 0.717) is 12.3 Å². The second-order valence-electron chi connectivity index (χ2n) is 4.71. The molecule has 2 aromatic rings.